The molecule has 2 fully saturated rings. The average Bonchev–Trinajstić information content (AvgIpc) is 4.21. The van der Waals surface area contributed by atoms with Crippen LogP contribution in [0.15, 0.2) is 103 Å². The molecule has 5 aromatic rings. The topological polar surface area (TPSA) is 204 Å². The summed E-state index contributed by atoms with van der Waals surface area (Å²) in [7, 11) is -2.09. The molecule has 0 aliphatic carbocycles. The number of imidazole rings is 1. The second-order valence-electron chi connectivity index (χ2n) is 21.4. The zero-order valence-electron chi connectivity index (χ0n) is 48.5. The van der Waals surface area contributed by atoms with Gasteiger partial charge in [-0.15, -0.1) is 0 Å². The molecule has 0 saturated carbocycles. The summed E-state index contributed by atoms with van der Waals surface area (Å²) in [4.78, 5) is 29.0. The summed E-state index contributed by atoms with van der Waals surface area (Å²) in [5.41, 5.74) is 9.27. The van der Waals surface area contributed by atoms with Crippen molar-refractivity contribution in [2.75, 3.05) is 57.3 Å². The number of carbonyl (C=O) groups excluding carboxylic acids is 1. The van der Waals surface area contributed by atoms with Crippen molar-refractivity contribution in [3.63, 3.8) is 0 Å². The summed E-state index contributed by atoms with van der Waals surface area (Å²) in [6.07, 6.45) is 3.42. The minimum atomic E-state index is -3.43. The number of allylic oxidation sites excluding steroid dienone is 2. The minimum absolute atomic E-state index is 0.0445. The highest BCUT2D eigenvalue weighted by Gasteiger charge is 2.53. The number of aromatic nitrogens is 4. The van der Waals surface area contributed by atoms with Crippen LogP contribution in [0.1, 0.15) is 111 Å². The molecule has 7 rings (SSSR count). The summed E-state index contributed by atoms with van der Waals surface area (Å²) in [5.74, 6) is 1.14. The predicted molar refractivity (Wildman–Crippen MR) is 318 cm³/mol. The summed E-state index contributed by atoms with van der Waals surface area (Å²) in [6, 6.07) is 25.0. The van der Waals surface area contributed by atoms with E-state index in [1.54, 1.807) is 39.0 Å². The highest BCUT2D eigenvalue weighted by molar-refractivity contribution is 7.91. The van der Waals surface area contributed by atoms with Crippen molar-refractivity contribution in [1.29, 1.82) is 0 Å². The van der Waals surface area contributed by atoms with Crippen molar-refractivity contribution in [1.82, 2.24) is 29.1 Å². The van der Waals surface area contributed by atoms with Crippen molar-refractivity contribution >= 4 is 58.6 Å². The maximum absolute atomic E-state index is 13.6. The average molecular weight is 1160 g/mol. The monoisotopic (exact) mass is 1160 g/mol. The van der Waals surface area contributed by atoms with Gasteiger partial charge in [0.1, 0.15) is 35.6 Å². The van der Waals surface area contributed by atoms with Crippen molar-refractivity contribution < 1.29 is 45.9 Å². The number of anilines is 1. The Labute approximate surface area is 480 Å². The quantitative estimate of drug-likeness (QED) is 0.0229. The summed E-state index contributed by atoms with van der Waals surface area (Å²) in [6.45, 7) is 21.0. The van der Waals surface area contributed by atoms with E-state index in [0.29, 0.717) is 35.0 Å². The van der Waals surface area contributed by atoms with Gasteiger partial charge in [-0.3, -0.25) is 9.36 Å². The Morgan fingerprint density at radius 3 is 2.08 bits per heavy atom. The van der Waals surface area contributed by atoms with E-state index in [2.05, 4.69) is 76.4 Å². The first-order valence-electron chi connectivity index (χ1n) is 27.9. The fourth-order valence-electron chi connectivity index (χ4n) is 10.8. The molecular weight excluding hydrogens is 1080 g/mol. The number of carbonyl (C=O) groups is 1. The van der Waals surface area contributed by atoms with E-state index in [1.165, 1.54) is 11.9 Å². The molecule has 8 unspecified atom stereocenters. The Morgan fingerprint density at radius 1 is 0.887 bits per heavy atom. The first kappa shape index (κ1) is 62.5. The van der Waals surface area contributed by atoms with Crippen LogP contribution in [-0.4, -0.2) is 137 Å². The molecule has 0 bridgehead atoms. The Kier molecular flexibility index (Phi) is 22.0. The van der Waals surface area contributed by atoms with Gasteiger partial charge >= 0.3 is 0 Å². The molecule has 8 atom stereocenters. The number of hydrogen-bond acceptors (Lipinski definition) is 16. The third-order valence-electron chi connectivity index (χ3n) is 14.9. The van der Waals surface area contributed by atoms with Gasteiger partial charge in [-0.2, -0.15) is 0 Å². The van der Waals surface area contributed by atoms with Gasteiger partial charge in [-0.25, -0.2) is 28.0 Å². The molecule has 0 radical (unpaired) electrons. The number of sulfone groups is 1. The van der Waals surface area contributed by atoms with Crippen LogP contribution in [0, 0.1) is 17.8 Å². The van der Waals surface area contributed by atoms with E-state index in [1.807, 2.05) is 83.8 Å². The number of benzene rings is 3. The maximum Gasteiger partial charge on any atom is 0.260 e. The maximum atomic E-state index is 13.6. The van der Waals surface area contributed by atoms with E-state index in [4.69, 9.17) is 60.7 Å². The van der Waals surface area contributed by atoms with Crippen LogP contribution in [0.25, 0.3) is 11.2 Å². The number of fused-ring (bicyclic) bond motifs is 1. The molecule has 2 aliphatic rings. The number of nitrogens with two attached hydrogens (primary N) is 1. The normalized spacial score (nSPS) is 20.8. The van der Waals surface area contributed by atoms with Crippen molar-refractivity contribution in [2.24, 2.45) is 23.5 Å². The van der Waals surface area contributed by atoms with E-state index in [0.717, 1.165) is 29.5 Å². The molecule has 21 heteroatoms. The number of amides is 1. The van der Waals surface area contributed by atoms with Crippen molar-refractivity contribution in [3.05, 3.63) is 120 Å². The van der Waals surface area contributed by atoms with E-state index in [-0.39, 0.29) is 78.6 Å². The fraction of sp³-hybridized carbons (Fsp3) is 0.542. The van der Waals surface area contributed by atoms with Gasteiger partial charge in [0.25, 0.3) is 13.7 Å². The molecule has 436 valence electrons. The molecule has 2 aliphatic heterocycles. The van der Waals surface area contributed by atoms with Crippen molar-refractivity contribution in [2.45, 2.75) is 137 Å². The fourth-order valence-corrected chi connectivity index (χ4v) is 14.4. The number of nitrogens with one attached hydrogen (secondary N) is 1. The molecule has 2 aromatic heterocycles. The first-order valence-corrected chi connectivity index (χ1v) is 31.2. The predicted octanol–water partition coefficient (Wildman–Crippen LogP) is 10.2. The van der Waals surface area contributed by atoms with E-state index >= 15 is 0 Å². The smallest absolute Gasteiger partial charge is 0.260 e. The molecule has 3 N–H and O–H groups in total. The van der Waals surface area contributed by atoms with Gasteiger partial charge in [-0.1, -0.05) is 108 Å². The second kappa shape index (κ2) is 28.2. The third-order valence-corrected chi connectivity index (χ3v) is 19.1. The van der Waals surface area contributed by atoms with Gasteiger partial charge in [0.2, 0.25) is 5.91 Å². The molecule has 0 spiro atoms. The highest BCUT2D eigenvalue weighted by Crippen LogP contribution is 2.52. The third kappa shape index (κ3) is 14.4. The van der Waals surface area contributed by atoms with Gasteiger partial charge in [0.15, 0.2) is 39.2 Å². The van der Waals surface area contributed by atoms with Gasteiger partial charge in [0.05, 0.1) is 45.3 Å². The van der Waals surface area contributed by atoms with Crippen LogP contribution < -0.4 is 20.5 Å². The van der Waals surface area contributed by atoms with Crippen LogP contribution in [0.5, 0.6) is 11.5 Å². The molecule has 2 saturated heterocycles. The van der Waals surface area contributed by atoms with Crippen LogP contribution in [0.4, 0.5) is 5.82 Å². The molecule has 4 heterocycles. The van der Waals surface area contributed by atoms with Gasteiger partial charge < -0.3 is 48.7 Å². The number of rotatable bonds is 26. The number of thiocarbonyl (C=S) groups is 1. The molecule has 80 heavy (non-hydrogen) atoms. The lowest BCUT2D eigenvalue weighted by atomic mass is 9.80. The van der Waals surface area contributed by atoms with Crippen LogP contribution >= 0.6 is 20.7 Å². The Bertz CT molecular complexity index is 2890. The number of methoxy groups -OCH3 is 2. The number of ether oxygens (including phenoxy) is 5. The second-order valence-corrected chi connectivity index (χ2v) is 25.4. The standard InChI is InChI=1S/C59H83N8O10PS2/c1-13-18-49(41(9)14-2)42(10)33-46-35-80(69,70)32-30-65(46)58(79)76-53-52(77-78(74-31-29-60)67(39(5)6)40(7)8)50(75-57(53)66-37-63-51-54(61-36-62-55(51)66)64-56(68)38(3)4)34-73-59(43-19-16-15-17-20-43,44-21-25-47(71-11)26-22-44)45-23-27-48(72-12)28-24-45/h15-28,36-42,46,50,52-53,57H,13-14,29-35,60H2,1-12H3,(H,61,62,64,68). The Hall–Kier alpha value is -5.15. The molecular formula is C59H83N8O10PS2. The van der Waals surface area contributed by atoms with Crippen LogP contribution in [0.3, 0.4) is 0 Å². The molecule has 3 aromatic carbocycles. The van der Waals surface area contributed by atoms with E-state index in [9.17, 15) is 13.2 Å². The highest BCUT2D eigenvalue weighted by atomic mass is 32.2. The SMILES string of the molecule is CCC=C(C(C)CC)C(C)CC1CS(=O)(=O)CCN1C(=S)OC1C(OP(OCCN)N(C(C)C)C(C)C)C(COC(c2ccccc2)(c2ccc(OC)cc2)c2ccc(OC)cc2)OC1n1cnc2c(NC(=O)C(C)C)ncnc21. The number of hydrogen-bond donors (Lipinski definition) is 2. The lowest BCUT2D eigenvalue weighted by molar-refractivity contribution is -0.118. The molecule has 18 nitrogen and oxygen atoms in total. The zero-order valence-corrected chi connectivity index (χ0v) is 51.0. The Balaban J connectivity index is 1.42. The summed E-state index contributed by atoms with van der Waals surface area (Å²) >= 11 is 6.42. The van der Waals surface area contributed by atoms with Crippen LogP contribution in [0.2, 0.25) is 0 Å². The largest absolute Gasteiger partial charge is 0.497 e. The van der Waals surface area contributed by atoms with E-state index < -0.39 is 54.5 Å². The molecule has 1 amide bonds. The van der Waals surface area contributed by atoms with Gasteiger partial charge in [0, 0.05) is 37.1 Å². The summed E-state index contributed by atoms with van der Waals surface area (Å²) in [5, 5.41) is 3.00. The van der Waals surface area contributed by atoms with Gasteiger partial charge in [-0.05, 0) is 112 Å². The Morgan fingerprint density at radius 2 is 1.51 bits per heavy atom. The number of nitrogens with zero attached hydrogens (tertiary/aromatic N) is 6. The minimum Gasteiger partial charge on any atom is -0.497 e. The first-order chi connectivity index (χ1) is 38.3. The lowest BCUT2D eigenvalue weighted by Gasteiger charge is -2.41. The zero-order chi connectivity index (χ0) is 57.9. The summed E-state index contributed by atoms with van der Waals surface area (Å²) < 4.78 is 78.9. The van der Waals surface area contributed by atoms with Crippen LogP contribution in [-0.2, 0) is 43.5 Å². The van der Waals surface area contributed by atoms with Crippen molar-refractivity contribution in [3.8, 4) is 11.5 Å². The lowest BCUT2D eigenvalue weighted by Crippen LogP contribution is -2.53.